The Morgan fingerprint density at radius 1 is 0.815 bits per heavy atom. The second-order valence-corrected chi connectivity index (χ2v) is 8.34. The second kappa shape index (κ2) is 7.49. The third kappa shape index (κ3) is 3.30. The fourth-order valence-electron chi connectivity index (χ4n) is 4.77. The molecule has 1 aromatic carbocycles. The minimum absolute atomic E-state index is 0.0537. The molecule has 144 valence electrons. The quantitative estimate of drug-likeness (QED) is 0.753. The van der Waals surface area contributed by atoms with Crippen LogP contribution in [0.5, 0.6) is 0 Å². The number of rotatable bonds is 3. The van der Waals surface area contributed by atoms with Crippen LogP contribution in [0.2, 0.25) is 0 Å². The van der Waals surface area contributed by atoms with Gasteiger partial charge in [-0.1, -0.05) is 37.5 Å². The third-order valence-electron chi connectivity index (χ3n) is 6.50. The summed E-state index contributed by atoms with van der Waals surface area (Å²) in [5, 5.41) is 0. The van der Waals surface area contributed by atoms with E-state index in [9.17, 15) is 9.59 Å². The molecule has 2 fully saturated rings. The van der Waals surface area contributed by atoms with Gasteiger partial charge in [0.1, 0.15) is 5.70 Å². The lowest BCUT2D eigenvalue weighted by atomic mass is 9.94. The molecule has 0 spiro atoms. The fraction of sp³-hybridized carbons (Fsp3) is 0.565. The van der Waals surface area contributed by atoms with E-state index in [1.807, 2.05) is 6.07 Å². The van der Waals surface area contributed by atoms with Crippen molar-refractivity contribution in [1.29, 1.82) is 0 Å². The van der Waals surface area contributed by atoms with Crippen molar-refractivity contribution >= 4 is 17.4 Å². The minimum Gasteiger partial charge on any atom is -0.366 e. The smallest absolute Gasteiger partial charge is 0.278 e. The summed E-state index contributed by atoms with van der Waals surface area (Å²) < 4.78 is 0. The summed E-state index contributed by atoms with van der Waals surface area (Å²) >= 11 is 0. The van der Waals surface area contributed by atoms with Gasteiger partial charge in [-0.15, -0.1) is 0 Å². The van der Waals surface area contributed by atoms with Crippen molar-refractivity contribution in [2.45, 2.75) is 71.3 Å². The highest BCUT2D eigenvalue weighted by molar-refractivity contribution is 6.35. The molecule has 2 heterocycles. The summed E-state index contributed by atoms with van der Waals surface area (Å²) in [7, 11) is 0. The van der Waals surface area contributed by atoms with Crippen LogP contribution in [0.1, 0.15) is 68.1 Å². The van der Waals surface area contributed by atoms with E-state index in [2.05, 4.69) is 30.9 Å². The summed E-state index contributed by atoms with van der Waals surface area (Å²) in [4.78, 5) is 30.7. The maximum absolute atomic E-state index is 13.5. The molecule has 1 saturated heterocycles. The van der Waals surface area contributed by atoms with E-state index in [0.29, 0.717) is 11.3 Å². The van der Waals surface area contributed by atoms with Crippen LogP contribution in [0.25, 0.3) is 5.57 Å². The van der Waals surface area contributed by atoms with E-state index in [0.717, 1.165) is 62.7 Å². The summed E-state index contributed by atoms with van der Waals surface area (Å²) in [6.07, 6.45) is 8.72. The molecular formula is C23H30N2O2. The number of imide groups is 1. The molecule has 4 heteroatoms. The third-order valence-corrected chi connectivity index (χ3v) is 6.50. The van der Waals surface area contributed by atoms with E-state index < -0.39 is 0 Å². The molecule has 2 aliphatic heterocycles. The average Bonchev–Trinajstić information content (AvgIpc) is 2.95. The molecule has 0 aromatic heterocycles. The maximum atomic E-state index is 13.5. The largest absolute Gasteiger partial charge is 0.366 e. The molecule has 2 amide bonds. The van der Waals surface area contributed by atoms with Crippen LogP contribution >= 0.6 is 0 Å². The van der Waals surface area contributed by atoms with E-state index >= 15 is 0 Å². The lowest BCUT2D eigenvalue weighted by molar-refractivity contribution is -0.141. The fourth-order valence-corrected chi connectivity index (χ4v) is 4.77. The normalized spacial score (nSPS) is 22.1. The zero-order valence-corrected chi connectivity index (χ0v) is 16.6. The minimum atomic E-state index is -0.0734. The molecule has 3 aliphatic rings. The zero-order chi connectivity index (χ0) is 19.0. The molecule has 0 N–H and O–H groups in total. The predicted octanol–water partition coefficient (Wildman–Crippen LogP) is 4.20. The van der Waals surface area contributed by atoms with Gasteiger partial charge in [-0.05, 0) is 62.6 Å². The van der Waals surface area contributed by atoms with Crippen LogP contribution < -0.4 is 0 Å². The first-order valence-corrected chi connectivity index (χ1v) is 10.5. The van der Waals surface area contributed by atoms with Crippen LogP contribution in [-0.2, 0) is 9.59 Å². The Hall–Kier alpha value is -2.10. The maximum Gasteiger partial charge on any atom is 0.278 e. The Morgan fingerprint density at radius 2 is 1.48 bits per heavy atom. The first-order chi connectivity index (χ1) is 13.1. The highest BCUT2D eigenvalue weighted by atomic mass is 16.2. The van der Waals surface area contributed by atoms with E-state index in [-0.39, 0.29) is 17.9 Å². The molecule has 0 unspecified atom stereocenters. The summed E-state index contributed by atoms with van der Waals surface area (Å²) in [6.45, 7) is 5.90. The van der Waals surface area contributed by atoms with Gasteiger partial charge in [0.2, 0.25) is 0 Å². The first kappa shape index (κ1) is 18.3. The lowest BCUT2D eigenvalue weighted by Crippen LogP contribution is -2.44. The average molecular weight is 367 g/mol. The first-order valence-electron chi connectivity index (χ1n) is 10.5. The second-order valence-electron chi connectivity index (χ2n) is 8.34. The van der Waals surface area contributed by atoms with Gasteiger partial charge in [0, 0.05) is 19.1 Å². The van der Waals surface area contributed by atoms with Gasteiger partial charge in [0.25, 0.3) is 11.8 Å². The highest BCUT2D eigenvalue weighted by Gasteiger charge is 2.45. The van der Waals surface area contributed by atoms with Crippen molar-refractivity contribution in [3.63, 3.8) is 0 Å². The molecular weight excluding hydrogens is 336 g/mol. The van der Waals surface area contributed by atoms with Crippen LogP contribution in [-0.4, -0.2) is 40.7 Å². The Kier molecular flexibility index (Phi) is 5.07. The van der Waals surface area contributed by atoms with Gasteiger partial charge in [-0.3, -0.25) is 14.5 Å². The zero-order valence-electron chi connectivity index (χ0n) is 16.6. The Labute approximate surface area is 162 Å². The molecule has 4 nitrogen and oxygen atoms in total. The number of carbonyl (C=O) groups is 2. The number of hydrogen-bond acceptors (Lipinski definition) is 3. The number of benzene rings is 1. The number of aryl methyl sites for hydroxylation is 2. The van der Waals surface area contributed by atoms with Gasteiger partial charge in [0.05, 0.1) is 5.57 Å². The van der Waals surface area contributed by atoms with Crippen molar-refractivity contribution in [1.82, 2.24) is 9.80 Å². The van der Waals surface area contributed by atoms with Crippen molar-refractivity contribution in [3.8, 4) is 0 Å². The molecule has 0 radical (unpaired) electrons. The Bertz CT molecular complexity index is 784. The highest BCUT2D eigenvalue weighted by Crippen LogP contribution is 2.37. The number of carbonyl (C=O) groups excluding carboxylic acids is 2. The molecule has 27 heavy (non-hydrogen) atoms. The molecule has 0 bridgehead atoms. The number of piperidine rings is 1. The van der Waals surface area contributed by atoms with Crippen molar-refractivity contribution in [2.75, 3.05) is 13.1 Å². The van der Waals surface area contributed by atoms with Crippen LogP contribution in [0.4, 0.5) is 0 Å². The molecule has 1 saturated carbocycles. The SMILES string of the molecule is Cc1ccc(C2=C(N3CCCCC3)C(=O)N(C3CCCCC3)C2=O)cc1C. The summed E-state index contributed by atoms with van der Waals surface area (Å²) in [6, 6.07) is 6.22. The van der Waals surface area contributed by atoms with E-state index in [1.54, 1.807) is 4.90 Å². The van der Waals surface area contributed by atoms with Crippen molar-refractivity contribution in [2.24, 2.45) is 0 Å². The van der Waals surface area contributed by atoms with Crippen molar-refractivity contribution < 1.29 is 9.59 Å². The number of nitrogens with zero attached hydrogens (tertiary/aromatic N) is 2. The van der Waals surface area contributed by atoms with Gasteiger partial charge < -0.3 is 4.90 Å². The monoisotopic (exact) mass is 366 g/mol. The van der Waals surface area contributed by atoms with Gasteiger partial charge >= 0.3 is 0 Å². The number of hydrogen-bond donors (Lipinski definition) is 0. The molecule has 4 rings (SSSR count). The van der Waals surface area contributed by atoms with Crippen LogP contribution in [0.15, 0.2) is 23.9 Å². The molecule has 0 atom stereocenters. The van der Waals surface area contributed by atoms with Gasteiger partial charge in [-0.2, -0.15) is 0 Å². The Balaban J connectivity index is 1.77. The van der Waals surface area contributed by atoms with Crippen molar-refractivity contribution in [3.05, 3.63) is 40.6 Å². The number of amides is 2. The number of likely N-dealkylation sites (tertiary alicyclic amines) is 1. The molecule has 1 aliphatic carbocycles. The van der Waals surface area contributed by atoms with E-state index in [4.69, 9.17) is 0 Å². The summed E-state index contributed by atoms with van der Waals surface area (Å²) in [5.74, 6) is -0.127. The summed E-state index contributed by atoms with van der Waals surface area (Å²) in [5.41, 5.74) is 4.56. The standard InChI is InChI=1S/C23H30N2O2/c1-16-11-12-18(15-17(16)2)20-21(24-13-7-4-8-14-24)23(27)25(22(20)26)19-9-5-3-6-10-19/h11-12,15,19H,3-10,13-14H2,1-2H3. The molecule has 1 aromatic rings. The van der Waals surface area contributed by atoms with E-state index in [1.165, 1.54) is 18.4 Å². The topological polar surface area (TPSA) is 40.6 Å². The van der Waals surface area contributed by atoms with Crippen LogP contribution in [0, 0.1) is 13.8 Å². The lowest BCUT2D eigenvalue weighted by Gasteiger charge is -2.32. The van der Waals surface area contributed by atoms with Gasteiger partial charge in [-0.25, -0.2) is 0 Å². The van der Waals surface area contributed by atoms with Gasteiger partial charge in [0.15, 0.2) is 0 Å². The Morgan fingerprint density at radius 3 is 2.15 bits per heavy atom. The predicted molar refractivity (Wildman–Crippen MR) is 107 cm³/mol. The van der Waals surface area contributed by atoms with Crippen LogP contribution in [0.3, 0.4) is 0 Å².